The fourth-order valence-corrected chi connectivity index (χ4v) is 5.84. The molecule has 5 nitrogen and oxygen atoms in total. The number of aromatic nitrogens is 1. The summed E-state index contributed by atoms with van der Waals surface area (Å²) in [5.74, 6) is 0.301. The second kappa shape index (κ2) is 6.97. The van der Waals surface area contributed by atoms with E-state index >= 15 is 0 Å². The Morgan fingerprint density at radius 3 is 2.76 bits per heavy atom. The van der Waals surface area contributed by atoms with Crippen molar-refractivity contribution >= 4 is 17.2 Å². The lowest BCUT2D eigenvalue weighted by molar-refractivity contribution is -0.129. The molecule has 0 aromatic carbocycles. The molecule has 0 N–H and O–H groups in total. The number of nitrogens with zero attached hydrogens (tertiary/aromatic N) is 4. The summed E-state index contributed by atoms with van der Waals surface area (Å²) in [6, 6.07) is 0. The molecule has 3 heterocycles. The van der Waals surface area contributed by atoms with Gasteiger partial charge in [-0.25, -0.2) is 4.98 Å². The van der Waals surface area contributed by atoms with Crippen LogP contribution >= 0.6 is 11.3 Å². The van der Waals surface area contributed by atoms with Crippen LogP contribution in [0.5, 0.6) is 0 Å². The SMILES string of the molecule is CN1CC[C@]2(CCC1=O)CN(Cc1nc3c(s1)CCCC3)CCN2C. The van der Waals surface area contributed by atoms with Gasteiger partial charge in [0.05, 0.1) is 12.2 Å². The average molecular weight is 363 g/mol. The zero-order chi connectivity index (χ0) is 17.4. The smallest absolute Gasteiger partial charge is 0.222 e. The summed E-state index contributed by atoms with van der Waals surface area (Å²) in [6.07, 6.45) is 7.78. The summed E-state index contributed by atoms with van der Waals surface area (Å²) in [7, 11) is 4.19. The van der Waals surface area contributed by atoms with Crippen molar-refractivity contribution in [2.75, 3.05) is 40.3 Å². The lowest BCUT2D eigenvalue weighted by Crippen LogP contribution is -2.60. The van der Waals surface area contributed by atoms with Crippen LogP contribution in [0, 0.1) is 0 Å². The van der Waals surface area contributed by atoms with Crippen LogP contribution in [-0.4, -0.2) is 71.4 Å². The molecule has 25 heavy (non-hydrogen) atoms. The van der Waals surface area contributed by atoms with E-state index in [4.69, 9.17) is 4.98 Å². The number of carbonyl (C=O) groups is 1. The van der Waals surface area contributed by atoms with E-state index < -0.39 is 0 Å². The van der Waals surface area contributed by atoms with Gasteiger partial charge in [0, 0.05) is 50.1 Å². The fourth-order valence-electron chi connectivity index (χ4n) is 4.64. The van der Waals surface area contributed by atoms with E-state index in [0.29, 0.717) is 12.3 Å². The van der Waals surface area contributed by atoms with Crippen LogP contribution in [0.3, 0.4) is 0 Å². The van der Waals surface area contributed by atoms with Gasteiger partial charge in [-0.05, 0) is 45.6 Å². The Kier molecular flexibility index (Phi) is 4.86. The molecule has 4 rings (SSSR count). The molecule has 0 saturated carbocycles. The number of piperazine rings is 1. The molecule has 138 valence electrons. The van der Waals surface area contributed by atoms with Gasteiger partial charge in [0.25, 0.3) is 0 Å². The summed E-state index contributed by atoms with van der Waals surface area (Å²) >= 11 is 1.94. The molecule has 1 spiro atoms. The minimum atomic E-state index is 0.148. The van der Waals surface area contributed by atoms with Crippen molar-refractivity contribution < 1.29 is 4.79 Å². The van der Waals surface area contributed by atoms with Crippen molar-refractivity contribution in [3.8, 4) is 0 Å². The third-order valence-corrected chi connectivity index (χ3v) is 7.61. The Morgan fingerprint density at radius 1 is 1.08 bits per heavy atom. The highest BCUT2D eigenvalue weighted by Crippen LogP contribution is 2.33. The number of rotatable bonds is 2. The summed E-state index contributed by atoms with van der Waals surface area (Å²) in [5.41, 5.74) is 1.52. The minimum absolute atomic E-state index is 0.148. The zero-order valence-corrected chi connectivity index (χ0v) is 16.4. The molecular formula is C19H30N4OS. The first kappa shape index (κ1) is 17.4. The topological polar surface area (TPSA) is 39.7 Å². The van der Waals surface area contributed by atoms with E-state index in [1.807, 2.05) is 23.3 Å². The van der Waals surface area contributed by atoms with E-state index in [2.05, 4.69) is 16.8 Å². The highest BCUT2D eigenvalue weighted by Gasteiger charge is 2.41. The number of aryl methyl sites for hydroxylation is 2. The van der Waals surface area contributed by atoms with Crippen molar-refractivity contribution in [2.45, 2.75) is 57.0 Å². The third-order valence-electron chi connectivity index (χ3n) is 6.47. The van der Waals surface area contributed by atoms with E-state index in [-0.39, 0.29) is 5.54 Å². The molecule has 3 aliphatic rings. The Labute approximate surface area is 155 Å². The number of amides is 1. The molecule has 1 aliphatic carbocycles. The maximum absolute atomic E-state index is 12.1. The van der Waals surface area contributed by atoms with Crippen LogP contribution in [0.4, 0.5) is 0 Å². The van der Waals surface area contributed by atoms with Crippen LogP contribution in [-0.2, 0) is 24.2 Å². The van der Waals surface area contributed by atoms with Crippen LogP contribution in [0.1, 0.15) is 47.7 Å². The lowest BCUT2D eigenvalue weighted by Gasteiger charge is -2.49. The molecule has 1 amide bonds. The maximum Gasteiger partial charge on any atom is 0.222 e. The van der Waals surface area contributed by atoms with Gasteiger partial charge < -0.3 is 4.90 Å². The first-order chi connectivity index (χ1) is 12.1. The molecule has 1 atom stereocenters. The number of likely N-dealkylation sites (N-methyl/N-ethyl adjacent to an activating group) is 1. The van der Waals surface area contributed by atoms with Gasteiger partial charge in [-0.2, -0.15) is 0 Å². The van der Waals surface area contributed by atoms with Gasteiger partial charge in [0.2, 0.25) is 5.91 Å². The number of carbonyl (C=O) groups excluding carboxylic acids is 1. The molecule has 0 radical (unpaired) electrons. The van der Waals surface area contributed by atoms with Crippen LogP contribution in [0.15, 0.2) is 0 Å². The second-order valence-electron chi connectivity index (χ2n) is 8.11. The Bertz CT molecular complexity index is 622. The molecule has 2 fully saturated rings. The molecular weight excluding hydrogens is 332 g/mol. The Hall–Kier alpha value is -0.980. The molecule has 0 bridgehead atoms. The van der Waals surface area contributed by atoms with Gasteiger partial charge in [0.1, 0.15) is 5.01 Å². The summed E-state index contributed by atoms with van der Waals surface area (Å²) in [4.78, 5) is 25.6. The molecule has 0 unspecified atom stereocenters. The minimum Gasteiger partial charge on any atom is -0.346 e. The largest absolute Gasteiger partial charge is 0.346 e. The molecule has 2 aliphatic heterocycles. The van der Waals surface area contributed by atoms with Crippen LogP contribution < -0.4 is 0 Å². The molecule has 1 aromatic heterocycles. The third kappa shape index (κ3) is 3.49. The summed E-state index contributed by atoms with van der Waals surface area (Å²) in [5, 5.41) is 1.30. The number of likely N-dealkylation sites (tertiary alicyclic amines) is 1. The Morgan fingerprint density at radius 2 is 1.92 bits per heavy atom. The monoisotopic (exact) mass is 362 g/mol. The van der Waals surface area contributed by atoms with Gasteiger partial charge in [0.15, 0.2) is 0 Å². The van der Waals surface area contributed by atoms with Crippen molar-refractivity contribution in [2.24, 2.45) is 0 Å². The standard InChI is InChI=1S/C19H30N4OS/c1-21-10-9-19(8-7-18(21)24)14-23(12-11-22(19)2)13-17-20-15-5-3-4-6-16(15)25-17/h3-14H2,1-2H3/t19-/m1/s1. The van der Waals surface area contributed by atoms with E-state index in [1.54, 1.807) is 0 Å². The first-order valence-corrected chi connectivity index (χ1v) is 10.5. The highest BCUT2D eigenvalue weighted by molar-refractivity contribution is 7.11. The predicted octanol–water partition coefficient (Wildman–Crippen LogP) is 2.15. The summed E-state index contributed by atoms with van der Waals surface area (Å²) < 4.78 is 0. The molecule has 2 saturated heterocycles. The van der Waals surface area contributed by atoms with Gasteiger partial charge in [-0.3, -0.25) is 14.6 Å². The van der Waals surface area contributed by atoms with E-state index in [1.165, 1.54) is 41.3 Å². The summed E-state index contributed by atoms with van der Waals surface area (Å²) in [6.45, 7) is 5.11. The van der Waals surface area contributed by atoms with E-state index in [0.717, 1.165) is 45.6 Å². The normalized spacial score (nSPS) is 29.0. The lowest BCUT2D eigenvalue weighted by atomic mass is 9.86. The second-order valence-corrected chi connectivity index (χ2v) is 9.27. The predicted molar refractivity (Wildman–Crippen MR) is 101 cm³/mol. The average Bonchev–Trinajstić information content (AvgIpc) is 2.96. The number of thiazole rings is 1. The van der Waals surface area contributed by atoms with Gasteiger partial charge in [-0.1, -0.05) is 0 Å². The van der Waals surface area contributed by atoms with Crippen molar-refractivity contribution in [1.82, 2.24) is 19.7 Å². The quantitative estimate of drug-likeness (QED) is 0.808. The Balaban J connectivity index is 1.46. The number of hydrogen-bond donors (Lipinski definition) is 0. The van der Waals surface area contributed by atoms with Crippen LogP contribution in [0.2, 0.25) is 0 Å². The number of fused-ring (bicyclic) bond motifs is 1. The van der Waals surface area contributed by atoms with E-state index in [9.17, 15) is 4.79 Å². The van der Waals surface area contributed by atoms with Crippen molar-refractivity contribution in [1.29, 1.82) is 0 Å². The zero-order valence-electron chi connectivity index (χ0n) is 15.6. The first-order valence-electron chi connectivity index (χ1n) is 9.71. The van der Waals surface area contributed by atoms with Crippen LogP contribution in [0.25, 0.3) is 0 Å². The molecule has 1 aromatic rings. The van der Waals surface area contributed by atoms with Crippen molar-refractivity contribution in [3.05, 3.63) is 15.6 Å². The van der Waals surface area contributed by atoms with Gasteiger partial charge >= 0.3 is 0 Å². The maximum atomic E-state index is 12.1. The van der Waals surface area contributed by atoms with Crippen molar-refractivity contribution in [3.63, 3.8) is 0 Å². The highest BCUT2D eigenvalue weighted by atomic mass is 32.1. The number of hydrogen-bond acceptors (Lipinski definition) is 5. The fraction of sp³-hybridized carbons (Fsp3) is 0.789. The molecule has 6 heteroatoms. The van der Waals surface area contributed by atoms with Gasteiger partial charge in [-0.15, -0.1) is 11.3 Å².